The van der Waals surface area contributed by atoms with Crippen molar-refractivity contribution in [2.75, 3.05) is 5.32 Å². The van der Waals surface area contributed by atoms with Gasteiger partial charge in [-0.1, -0.05) is 53.0 Å². The quantitative estimate of drug-likeness (QED) is 0.559. The summed E-state index contributed by atoms with van der Waals surface area (Å²) in [5, 5.41) is 12.4. The van der Waals surface area contributed by atoms with Crippen molar-refractivity contribution >= 4 is 51.9 Å². The molecule has 1 N–H and O–H groups in total. The summed E-state index contributed by atoms with van der Waals surface area (Å²) in [6, 6.07) is 11.1. The molecule has 20 heavy (non-hydrogen) atoms. The van der Waals surface area contributed by atoms with Gasteiger partial charge >= 0.3 is 0 Å². The van der Waals surface area contributed by atoms with Crippen LogP contribution < -0.4 is 5.32 Å². The zero-order chi connectivity index (χ0) is 14.7. The number of benzene rings is 2. The van der Waals surface area contributed by atoms with Gasteiger partial charge in [-0.15, -0.1) is 0 Å². The van der Waals surface area contributed by atoms with Gasteiger partial charge in [0.05, 0.1) is 32.9 Å². The lowest BCUT2D eigenvalue weighted by molar-refractivity contribution is 1.46. The maximum absolute atomic E-state index is 9.23. The molecule has 0 radical (unpaired) electrons. The largest absolute Gasteiger partial charge is 0.353 e. The highest BCUT2D eigenvalue weighted by atomic mass is 35.5. The molecule has 0 aliphatic heterocycles. The molecule has 0 aromatic heterocycles. The average molecular weight is 323 g/mol. The van der Waals surface area contributed by atoms with Crippen LogP contribution in [-0.2, 0) is 0 Å². The van der Waals surface area contributed by atoms with E-state index in [4.69, 9.17) is 41.4 Å². The van der Waals surface area contributed by atoms with Crippen LogP contribution in [0.15, 0.2) is 30.3 Å². The van der Waals surface area contributed by atoms with Gasteiger partial charge in [0.15, 0.2) is 0 Å². The Bertz CT molecular complexity index is 743. The molecule has 0 spiro atoms. The number of nitrogens with one attached hydrogen (secondary N) is 1. The number of anilines is 2. The molecular formula is C14H6Cl3N3. The van der Waals surface area contributed by atoms with Crippen LogP contribution in [-0.4, -0.2) is 0 Å². The Kier molecular flexibility index (Phi) is 4.37. The van der Waals surface area contributed by atoms with Crippen molar-refractivity contribution in [3.8, 4) is 6.07 Å². The van der Waals surface area contributed by atoms with E-state index >= 15 is 0 Å². The summed E-state index contributed by atoms with van der Waals surface area (Å²) in [6.07, 6.45) is 0. The fourth-order valence-corrected chi connectivity index (χ4v) is 2.42. The molecule has 0 saturated carbocycles. The molecular weight excluding hydrogens is 317 g/mol. The van der Waals surface area contributed by atoms with Gasteiger partial charge in [0.25, 0.3) is 0 Å². The van der Waals surface area contributed by atoms with Gasteiger partial charge in [0.2, 0.25) is 5.69 Å². The van der Waals surface area contributed by atoms with Crippen LogP contribution in [0.1, 0.15) is 5.56 Å². The summed E-state index contributed by atoms with van der Waals surface area (Å²) >= 11 is 18.2. The summed E-state index contributed by atoms with van der Waals surface area (Å²) < 4.78 is 0. The van der Waals surface area contributed by atoms with E-state index in [0.29, 0.717) is 5.69 Å². The normalized spacial score (nSPS) is 9.65. The number of para-hydroxylation sites is 1. The van der Waals surface area contributed by atoms with Gasteiger partial charge < -0.3 is 5.32 Å². The van der Waals surface area contributed by atoms with Gasteiger partial charge in [-0.05, 0) is 12.1 Å². The van der Waals surface area contributed by atoms with Crippen molar-refractivity contribution in [2.24, 2.45) is 0 Å². The van der Waals surface area contributed by atoms with Crippen molar-refractivity contribution in [2.45, 2.75) is 0 Å². The number of hydrogen-bond acceptors (Lipinski definition) is 2. The van der Waals surface area contributed by atoms with E-state index in [9.17, 15) is 5.26 Å². The van der Waals surface area contributed by atoms with Crippen LogP contribution in [0.5, 0.6) is 0 Å². The van der Waals surface area contributed by atoms with Crippen molar-refractivity contribution in [1.82, 2.24) is 0 Å². The molecule has 0 unspecified atom stereocenters. The first-order valence-electron chi connectivity index (χ1n) is 5.40. The number of rotatable bonds is 2. The molecule has 6 heteroatoms. The molecule has 98 valence electrons. The highest BCUT2D eigenvalue weighted by molar-refractivity contribution is 6.48. The first kappa shape index (κ1) is 14.5. The molecule has 0 fully saturated rings. The maximum Gasteiger partial charge on any atom is 0.226 e. The smallest absolute Gasteiger partial charge is 0.226 e. The van der Waals surface area contributed by atoms with E-state index in [2.05, 4.69) is 10.2 Å². The molecule has 0 aliphatic carbocycles. The average Bonchev–Trinajstić information content (AvgIpc) is 2.46. The first-order chi connectivity index (χ1) is 9.60. The lowest BCUT2D eigenvalue weighted by atomic mass is 10.1. The summed E-state index contributed by atoms with van der Waals surface area (Å²) in [6.45, 7) is 7.05. The molecule has 0 bridgehead atoms. The molecule has 2 aromatic rings. The lowest BCUT2D eigenvalue weighted by Crippen LogP contribution is -1.96. The number of nitriles is 1. The van der Waals surface area contributed by atoms with E-state index in [1.807, 2.05) is 36.4 Å². The minimum atomic E-state index is -0.0199. The molecule has 0 atom stereocenters. The van der Waals surface area contributed by atoms with E-state index in [0.717, 1.165) is 5.69 Å². The number of halogens is 3. The second-order valence-electron chi connectivity index (χ2n) is 3.76. The molecule has 0 saturated heterocycles. The Balaban J connectivity index is 2.65. The minimum Gasteiger partial charge on any atom is -0.353 e. The lowest BCUT2D eigenvalue weighted by Gasteiger charge is -2.14. The monoisotopic (exact) mass is 321 g/mol. The Hall–Kier alpha value is -1.91. The predicted octanol–water partition coefficient (Wildman–Crippen LogP) is 5.81. The second kappa shape index (κ2) is 6.03. The van der Waals surface area contributed by atoms with Crippen molar-refractivity contribution in [3.63, 3.8) is 0 Å². The standard InChI is InChI=1S/C14H6Cl3N3/c1-19-14-10(15)9(7-18)13(11(16)12(14)17)20-8-5-3-2-4-6-8/h2-6,20H. The Labute approximate surface area is 131 Å². The maximum atomic E-state index is 9.23. The third-order valence-electron chi connectivity index (χ3n) is 2.56. The van der Waals surface area contributed by atoms with Crippen LogP contribution in [0.2, 0.25) is 15.1 Å². The first-order valence-corrected chi connectivity index (χ1v) is 6.53. The minimum absolute atomic E-state index is 0.00432. The van der Waals surface area contributed by atoms with Gasteiger partial charge in [0.1, 0.15) is 6.07 Å². The van der Waals surface area contributed by atoms with Gasteiger partial charge in [-0.2, -0.15) is 5.26 Å². The van der Waals surface area contributed by atoms with Crippen LogP contribution in [0.3, 0.4) is 0 Å². The van der Waals surface area contributed by atoms with Gasteiger partial charge in [-0.25, -0.2) is 4.85 Å². The van der Waals surface area contributed by atoms with Crippen LogP contribution >= 0.6 is 34.8 Å². The molecule has 0 amide bonds. The summed E-state index contributed by atoms with van der Waals surface area (Å²) in [7, 11) is 0. The van der Waals surface area contributed by atoms with Gasteiger partial charge in [-0.3, -0.25) is 0 Å². The SMILES string of the molecule is [C-]#[N+]c1c(Cl)c(Cl)c(Nc2ccccc2)c(C#N)c1Cl. The second-order valence-corrected chi connectivity index (χ2v) is 4.89. The fraction of sp³-hybridized carbons (Fsp3) is 0. The van der Waals surface area contributed by atoms with E-state index in [1.54, 1.807) is 0 Å². The number of hydrogen-bond donors (Lipinski definition) is 1. The summed E-state index contributed by atoms with van der Waals surface area (Å²) in [4.78, 5) is 3.21. The Morgan fingerprint density at radius 2 is 1.70 bits per heavy atom. The Morgan fingerprint density at radius 3 is 2.25 bits per heavy atom. The summed E-state index contributed by atoms with van der Waals surface area (Å²) in [5.74, 6) is 0. The number of nitrogens with zero attached hydrogens (tertiary/aromatic N) is 2. The molecule has 2 rings (SSSR count). The van der Waals surface area contributed by atoms with Crippen LogP contribution in [0.25, 0.3) is 4.85 Å². The zero-order valence-corrected chi connectivity index (χ0v) is 12.2. The topological polar surface area (TPSA) is 40.2 Å². The van der Waals surface area contributed by atoms with Crippen LogP contribution in [0.4, 0.5) is 17.1 Å². The molecule has 0 aliphatic rings. The van der Waals surface area contributed by atoms with Crippen molar-refractivity contribution in [3.05, 3.63) is 62.4 Å². The highest BCUT2D eigenvalue weighted by Gasteiger charge is 2.21. The Morgan fingerprint density at radius 1 is 1.05 bits per heavy atom. The zero-order valence-electron chi connectivity index (χ0n) is 9.92. The van der Waals surface area contributed by atoms with Crippen molar-refractivity contribution in [1.29, 1.82) is 5.26 Å². The van der Waals surface area contributed by atoms with Crippen molar-refractivity contribution < 1.29 is 0 Å². The van der Waals surface area contributed by atoms with E-state index in [-0.39, 0.29) is 26.3 Å². The predicted molar refractivity (Wildman–Crippen MR) is 82.2 cm³/mol. The molecule has 2 aromatic carbocycles. The third kappa shape index (κ3) is 2.53. The van der Waals surface area contributed by atoms with E-state index in [1.165, 1.54) is 0 Å². The van der Waals surface area contributed by atoms with Gasteiger partial charge in [0, 0.05) is 5.69 Å². The summed E-state index contributed by atoms with van der Waals surface area (Å²) in [5.41, 5.74) is 1.10. The van der Waals surface area contributed by atoms with E-state index < -0.39 is 0 Å². The van der Waals surface area contributed by atoms with Crippen LogP contribution in [0, 0.1) is 17.9 Å². The molecule has 0 heterocycles. The molecule has 3 nitrogen and oxygen atoms in total. The highest BCUT2D eigenvalue weighted by Crippen LogP contribution is 2.46. The third-order valence-corrected chi connectivity index (χ3v) is 3.77. The fourth-order valence-electron chi connectivity index (χ4n) is 1.63.